The van der Waals surface area contributed by atoms with Crippen LogP contribution in [0.5, 0.6) is 17.2 Å². The van der Waals surface area contributed by atoms with Crippen LogP contribution in [0.4, 0.5) is 5.69 Å². The molecule has 2 aliphatic heterocycles. The Labute approximate surface area is 159 Å². The number of likely N-dealkylation sites (tertiary alicyclic amines) is 1. The number of carbonyl (C=O) groups is 1. The van der Waals surface area contributed by atoms with Crippen LogP contribution in [-0.2, 0) is 0 Å². The lowest BCUT2D eigenvalue weighted by Crippen LogP contribution is -2.35. The van der Waals surface area contributed by atoms with Crippen molar-refractivity contribution in [3.05, 3.63) is 48.0 Å². The zero-order valence-corrected chi connectivity index (χ0v) is 15.4. The van der Waals surface area contributed by atoms with Gasteiger partial charge in [0.15, 0.2) is 11.5 Å². The summed E-state index contributed by atoms with van der Waals surface area (Å²) in [6.07, 6.45) is 2.33. The van der Waals surface area contributed by atoms with Gasteiger partial charge in [0, 0.05) is 18.8 Å². The summed E-state index contributed by atoms with van der Waals surface area (Å²) in [7, 11) is 2.13. The van der Waals surface area contributed by atoms with E-state index >= 15 is 0 Å². The van der Waals surface area contributed by atoms with Crippen molar-refractivity contribution in [2.75, 3.05) is 38.7 Å². The number of benzene rings is 2. The molecule has 1 saturated heterocycles. The lowest BCUT2D eigenvalue weighted by Gasteiger charge is -2.29. The molecule has 6 heteroatoms. The molecule has 0 aromatic heterocycles. The van der Waals surface area contributed by atoms with Crippen molar-refractivity contribution in [1.82, 2.24) is 4.90 Å². The fraction of sp³-hybridized carbons (Fsp3) is 0.381. The Balaban J connectivity index is 1.39. The third-order valence-corrected chi connectivity index (χ3v) is 4.89. The molecule has 0 spiro atoms. The number of para-hydroxylation sites is 1. The fourth-order valence-electron chi connectivity index (χ4n) is 3.36. The van der Waals surface area contributed by atoms with Gasteiger partial charge >= 0.3 is 0 Å². The summed E-state index contributed by atoms with van der Waals surface area (Å²) in [6.45, 7) is 3.06. The number of ether oxygens (including phenoxy) is 3. The van der Waals surface area contributed by atoms with E-state index in [0.29, 0.717) is 36.0 Å². The largest absolute Gasteiger partial charge is 0.490 e. The van der Waals surface area contributed by atoms with E-state index in [9.17, 15) is 4.79 Å². The molecule has 2 aliphatic rings. The molecular weight excluding hydrogens is 344 g/mol. The smallest absolute Gasteiger partial charge is 0.259 e. The Morgan fingerprint density at radius 2 is 1.81 bits per heavy atom. The van der Waals surface area contributed by atoms with Crippen molar-refractivity contribution in [1.29, 1.82) is 0 Å². The van der Waals surface area contributed by atoms with E-state index in [-0.39, 0.29) is 12.0 Å². The monoisotopic (exact) mass is 368 g/mol. The average molecular weight is 368 g/mol. The number of carbonyl (C=O) groups excluding carboxylic acids is 1. The number of fused-ring (bicyclic) bond motifs is 1. The first-order valence-electron chi connectivity index (χ1n) is 9.34. The molecule has 2 heterocycles. The number of hydrogen-bond donors (Lipinski definition) is 1. The predicted molar refractivity (Wildman–Crippen MR) is 103 cm³/mol. The van der Waals surface area contributed by atoms with Gasteiger partial charge in [-0.25, -0.2) is 0 Å². The maximum Gasteiger partial charge on any atom is 0.259 e. The van der Waals surface area contributed by atoms with E-state index in [0.717, 1.165) is 31.7 Å². The normalized spacial score (nSPS) is 17.4. The SMILES string of the molecule is CN1CCC(Oc2ccc(NC(=O)c3cccc4c3OCCO4)cc2)CC1. The number of nitrogens with zero attached hydrogens (tertiary/aromatic N) is 1. The Morgan fingerprint density at radius 1 is 1.07 bits per heavy atom. The highest BCUT2D eigenvalue weighted by Gasteiger charge is 2.21. The molecule has 0 unspecified atom stereocenters. The van der Waals surface area contributed by atoms with Gasteiger partial charge in [0.05, 0.1) is 5.56 Å². The molecule has 0 radical (unpaired) electrons. The number of piperidine rings is 1. The molecule has 1 amide bonds. The van der Waals surface area contributed by atoms with Crippen LogP contribution in [0.25, 0.3) is 0 Å². The van der Waals surface area contributed by atoms with E-state index in [1.165, 1.54) is 0 Å². The molecule has 1 N–H and O–H groups in total. The van der Waals surface area contributed by atoms with E-state index in [4.69, 9.17) is 14.2 Å². The van der Waals surface area contributed by atoms with Crippen LogP contribution in [0.2, 0.25) is 0 Å². The second kappa shape index (κ2) is 7.88. The zero-order valence-electron chi connectivity index (χ0n) is 15.4. The number of hydrogen-bond acceptors (Lipinski definition) is 5. The number of anilines is 1. The maximum absolute atomic E-state index is 12.6. The van der Waals surface area contributed by atoms with Gasteiger partial charge in [-0.2, -0.15) is 0 Å². The fourth-order valence-corrected chi connectivity index (χ4v) is 3.36. The van der Waals surface area contributed by atoms with E-state index < -0.39 is 0 Å². The predicted octanol–water partition coefficient (Wildman–Crippen LogP) is 3.18. The average Bonchev–Trinajstić information content (AvgIpc) is 2.71. The van der Waals surface area contributed by atoms with Gasteiger partial charge in [0.25, 0.3) is 5.91 Å². The molecule has 6 nitrogen and oxygen atoms in total. The van der Waals surface area contributed by atoms with E-state index in [2.05, 4.69) is 17.3 Å². The van der Waals surface area contributed by atoms with Crippen LogP contribution in [0.1, 0.15) is 23.2 Å². The van der Waals surface area contributed by atoms with Gasteiger partial charge in [-0.05, 0) is 56.3 Å². The second-order valence-corrected chi connectivity index (χ2v) is 6.93. The van der Waals surface area contributed by atoms with Gasteiger partial charge in [0.2, 0.25) is 0 Å². The highest BCUT2D eigenvalue weighted by atomic mass is 16.6. The third-order valence-electron chi connectivity index (χ3n) is 4.89. The first-order chi connectivity index (χ1) is 13.2. The van der Waals surface area contributed by atoms with E-state index in [1.54, 1.807) is 18.2 Å². The first kappa shape index (κ1) is 17.7. The lowest BCUT2D eigenvalue weighted by molar-refractivity contribution is 0.101. The van der Waals surface area contributed by atoms with Crippen LogP contribution in [-0.4, -0.2) is 50.3 Å². The summed E-state index contributed by atoms with van der Waals surface area (Å²) in [4.78, 5) is 15.0. The minimum atomic E-state index is -0.221. The molecule has 27 heavy (non-hydrogen) atoms. The number of nitrogens with one attached hydrogen (secondary N) is 1. The number of rotatable bonds is 4. The molecule has 0 atom stereocenters. The summed E-state index contributed by atoms with van der Waals surface area (Å²) in [5.41, 5.74) is 1.18. The minimum Gasteiger partial charge on any atom is -0.490 e. The van der Waals surface area contributed by atoms with Gasteiger partial charge in [0.1, 0.15) is 25.1 Å². The highest BCUT2D eigenvalue weighted by Crippen LogP contribution is 2.34. The first-order valence-corrected chi connectivity index (χ1v) is 9.34. The van der Waals surface area contributed by atoms with Crippen molar-refractivity contribution in [3.8, 4) is 17.2 Å². The quantitative estimate of drug-likeness (QED) is 0.898. The minimum absolute atomic E-state index is 0.221. The van der Waals surface area contributed by atoms with E-state index in [1.807, 2.05) is 24.3 Å². The highest BCUT2D eigenvalue weighted by molar-refractivity contribution is 6.06. The Morgan fingerprint density at radius 3 is 2.59 bits per heavy atom. The lowest BCUT2D eigenvalue weighted by atomic mass is 10.1. The Kier molecular flexibility index (Phi) is 5.16. The summed E-state index contributed by atoms with van der Waals surface area (Å²) in [5, 5.41) is 2.91. The summed E-state index contributed by atoms with van der Waals surface area (Å²) < 4.78 is 17.2. The molecule has 142 valence electrons. The van der Waals surface area contributed by atoms with Gasteiger partial charge in [-0.15, -0.1) is 0 Å². The molecule has 2 aromatic carbocycles. The van der Waals surface area contributed by atoms with Crippen LogP contribution in [0.3, 0.4) is 0 Å². The maximum atomic E-state index is 12.6. The Bertz CT molecular complexity index is 798. The summed E-state index contributed by atoms with van der Waals surface area (Å²) in [5.74, 6) is 1.72. The zero-order chi connectivity index (χ0) is 18.6. The second-order valence-electron chi connectivity index (χ2n) is 6.93. The standard InChI is InChI=1S/C21H24N2O4/c1-23-11-9-17(10-12-23)27-16-7-5-15(6-8-16)22-21(24)18-3-2-4-19-20(18)26-14-13-25-19/h2-8,17H,9-14H2,1H3,(H,22,24). The van der Waals surface area contributed by atoms with Crippen LogP contribution < -0.4 is 19.5 Å². The van der Waals surface area contributed by atoms with Crippen molar-refractivity contribution in [3.63, 3.8) is 0 Å². The van der Waals surface area contributed by atoms with Crippen molar-refractivity contribution < 1.29 is 19.0 Å². The number of amides is 1. The van der Waals surface area contributed by atoms with Gasteiger partial charge in [-0.3, -0.25) is 4.79 Å². The van der Waals surface area contributed by atoms with Gasteiger partial charge < -0.3 is 24.4 Å². The summed E-state index contributed by atoms with van der Waals surface area (Å²) >= 11 is 0. The molecule has 0 bridgehead atoms. The third kappa shape index (κ3) is 4.17. The van der Waals surface area contributed by atoms with Crippen LogP contribution in [0, 0.1) is 0 Å². The molecule has 0 aliphatic carbocycles. The molecule has 4 rings (SSSR count). The topological polar surface area (TPSA) is 60.0 Å². The van der Waals surface area contributed by atoms with Gasteiger partial charge in [-0.1, -0.05) is 6.07 Å². The van der Waals surface area contributed by atoms with Crippen LogP contribution in [0.15, 0.2) is 42.5 Å². The van der Waals surface area contributed by atoms with Crippen molar-refractivity contribution >= 4 is 11.6 Å². The van der Waals surface area contributed by atoms with Crippen molar-refractivity contribution in [2.45, 2.75) is 18.9 Å². The summed E-state index contributed by atoms with van der Waals surface area (Å²) in [6, 6.07) is 12.8. The molecule has 1 fully saturated rings. The Hall–Kier alpha value is -2.73. The van der Waals surface area contributed by atoms with Crippen LogP contribution >= 0.6 is 0 Å². The van der Waals surface area contributed by atoms with Crippen molar-refractivity contribution in [2.24, 2.45) is 0 Å². The molecule has 0 saturated carbocycles. The molecular formula is C21H24N2O4. The molecule has 2 aromatic rings.